The smallest absolute Gasteiger partial charge is 0.218 e. The van der Waals surface area contributed by atoms with Crippen LogP contribution in [0.5, 0.6) is 0 Å². The summed E-state index contributed by atoms with van der Waals surface area (Å²) in [7, 11) is 0. The van der Waals surface area contributed by atoms with Crippen molar-refractivity contribution in [1.82, 2.24) is 0 Å². The highest BCUT2D eigenvalue weighted by atomic mass is 35.6. The summed E-state index contributed by atoms with van der Waals surface area (Å²) in [6.45, 7) is 4.13. The molecule has 0 aliphatic carbocycles. The second kappa shape index (κ2) is 4.42. The lowest BCUT2D eigenvalue weighted by molar-refractivity contribution is 0.415. The SMILES string of the molecule is CCC1(CC)N=c2cccc(C(Cl)(Cl)Cl)c2=N1. The number of halogens is 3. The lowest BCUT2D eigenvalue weighted by atomic mass is 10.1. The molecule has 92 valence electrons. The number of para-hydroxylation sites is 1. The Labute approximate surface area is 115 Å². The maximum absolute atomic E-state index is 5.95. The van der Waals surface area contributed by atoms with E-state index in [1.807, 2.05) is 12.1 Å². The standard InChI is InChI=1S/C12H13Cl3N2/c1-3-11(4-2)16-9-7-5-6-8(10(9)17-11)12(13,14)15/h5-7H,3-4H2,1-2H3. The molecule has 1 heterocycles. The quantitative estimate of drug-likeness (QED) is 0.747. The first-order valence-corrected chi connectivity index (χ1v) is 6.71. The van der Waals surface area contributed by atoms with Crippen LogP contribution in [-0.4, -0.2) is 5.66 Å². The van der Waals surface area contributed by atoms with Crippen molar-refractivity contribution < 1.29 is 0 Å². The van der Waals surface area contributed by atoms with Crippen molar-refractivity contribution in [1.29, 1.82) is 0 Å². The van der Waals surface area contributed by atoms with Gasteiger partial charge in [-0.15, -0.1) is 0 Å². The van der Waals surface area contributed by atoms with E-state index in [1.165, 1.54) is 0 Å². The molecule has 1 aromatic rings. The van der Waals surface area contributed by atoms with Crippen molar-refractivity contribution in [2.24, 2.45) is 9.98 Å². The molecule has 0 bridgehead atoms. The van der Waals surface area contributed by atoms with Crippen molar-refractivity contribution in [3.63, 3.8) is 0 Å². The molecule has 0 saturated carbocycles. The molecular weight excluding hydrogens is 279 g/mol. The minimum atomic E-state index is -1.46. The van der Waals surface area contributed by atoms with E-state index in [1.54, 1.807) is 6.07 Å². The van der Waals surface area contributed by atoms with Gasteiger partial charge in [-0.05, 0) is 18.9 Å². The lowest BCUT2D eigenvalue weighted by Gasteiger charge is -2.18. The first kappa shape index (κ1) is 13.1. The van der Waals surface area contributed by atoms with Gasteiger partial charge in [0.05, 0.1) is 10.7 Å². The fourth-order valence-electron chi connectivity index (χ4n) is 1.99. The molecule has 17 heavy (non-hydrogen) atoms. The summed E-state index contributed by atoms with van der Waals surface area (Å²) in [5.74, 6) is 0. The minimum Gasteiger partial charge on any atom is -0.253 e. The molecule has 0 fully saturated rings. The van der Waals surface area contributed by atoms with Crippen molar-refractivity contribution >= 4 is 34.8 Å². The van der Waals surface area contributed by atoms with Crippen molar-refractivity contribution in [2.75, 3.05) is 0 Å². The predicted octanol–water partition coefficient (Wildman–Crippen LogP) is 3.28. The second-order valence-corrected chi connectivity index (χ2v) is 6.37. The summed E-state index contributed by atoms with van der Waals surface area (Å²) in [5, 5.41) is 1.54. The van der Waals surface area contributed by atoms with Gasteiger partial charge in [-0.3, -0.25) is 9.98 Å². The predicted molar refractivity (Wildman–Crippen MR) is 71.3 cm³/mol. The molecule has 0 atom stereocenters. The zero-order chi connectivity index (χ0) is 12.7. The number of fused-ring (bicyclic) bond motifs is 1. The third-order valence-corrected chi connectivity index (χ3v) is 3.71. The first-order chi connectivity index (χ1) is 7.92. The molecule has 0 amide bonds. The second-order valence-electron chi connectivity index (χ2n) is 4.08. The molecule has 0 aromatic heterocycles. The van der Waals surface area contributed by atoms with Crippen LogP contribution in [0.15, 0.2) is 28.2 Å². The number of hydrogen-bond donors (Lipinski definition) is 0. The first-order valence-electron chi connectivity index (χ1n) is 5.58. The van der Waals surface area contributed by atoms with Gasteiger partial charge in [0, 0.05) is 5.56 Å². The highest BCUT2D eigenvalue weighted by Gasteiger charge is 2.31. The van der Waals surface area contributed by atoms with Crippen molar-refractivity contribution in [2.45, 2.75) is 36.1 Å². The molecule has 0 spiro atoms. The Morgan fingerprint density at radius 2 is 1.76 bits per heavy atom. The van der Waals surface area contributed by atoms with Crippen LogP contribution in [0, 0.1) is 0 Å². The number of hydrogen-bond acceptors (Lipinski definition) is 2. The van der Waals surface area contributed by atoms with Crippen molar-refractivity contribution in [3.05, 3.63) is 34.5 Å². The Morgan fingerprint density at radius 3 is 2.29 bits per heavy atom. The average molecular weight is 292 g/mol. The molecule has 1 aliphatic heterocycles. The van der Waals surface area contributed by atoms with Crippen LogP contribution in [-0.2, 0) is 3.79 Å². The van der Waals surface area contributed by atoms with Crippen LogP contribution in [0.1, 0.15) is 32.3 Å². The van der Waals surface area contributed by atoms with E-state index in [4.69, 9.17) is 34.8 Å². The summed E-state index contributed by atoms with van der Waals surface area (Å²) in [4.78, 5) is 9.32. The fraction of sp³-hybridized carbons (Fsp3) is 0.500. The van der Waals surface area contributed by atoms with Crippen LogP contribution in [0.2, 0.25) is 0 Å². The molecule has 1 aliphatic rings. The Hall–Kier alpha value is -0.310. The van der Waals surface area contributed by atoms with Crippen LogP contribution in [0.25, 0.3) is 0 Å². The van der Waals surface area contributed by atoms with Gasteiger partial charge in [0.15, 0.2) is 5.66 Å². The van der Waals surface area contributed by atoms with E-state index in [0.717, 1.165) is 23.6 Å². The summed E-state index contributed by atoms with van der Waals surface area (Å²) in [6, 6.07) is 5.54. The van der Waals surface area contributed by atoms with E-state index in [2.05, 4.69) is 23.8 Å². The zero-order valence-electron chi connectivity index (χ0n) is 9.67. The third-order valence-electron chi connectivity index (χ3n) is 3.10. The molecule has 2 nitrogen and oxygen atoms in total. The van der Waals surface area contributed by atoms with E-state index in [0.29, 0.717) is 5.56 Å². The maximum Gasteiger partial charge on any atom is 0.218 e. The highest BCUT2D eigenvalue weighted by Crippen LogP contribution is 2.36. The van der Waals surface area contributed by atoms with E-state index >= 15 is 0 Å². The summed E-state index contributed by atoms with van der Waals surface area (Å²) in [6.07, 6.45) is 1.69. The Bertz CT molecular complexity index is 542. The minimum absolute atomic E-state index is 0.381. The van der Waals surface area contributed by atoms with Gasteiger partial charge < -0.3 is 0 Å². The van der Waals surface area contributed by atoms with Gasteiger partial charge in [0.25, 0.3) is 0 Å². The average Bonchev–Trinajstić information content (AvgIpc) is 2.66. The highest BCUT2D eigenvalue weighted by molar-refractivity contribution is 6.66. The van der Waals surface area contributed by atoms with Gasteiger partial charge in [-0.1, -0.05) is 60.8 Å². The van der Waals surface area contributed by atoms with E-state index < -0.39 is 3.79 Å². The van der Waals surface area contributed by atoms with Gasteiger partial charge in [0.1, 0.15) is 0 Å². The normalized spacial score (nSPS) is 17.2. The molecule has 5 heteroatoms. The number of nitrogens with zero attached hydrogens (tertiary/aromatic N) is 2. The monoisotopic (exact) mass is 290 g/mol. The van der Waals surface area contributed by atoms with Crippen LogP contribution < -0.4 is 10.7 Å². The molecule has 1 aromatic carbocycles. The maximum atomic E-state index is 5.95. The fourth-order valence-corrected chi connectivity index (χ4v) is 2.45. The summed E-state index contributed by atoms with van der Waals surface area (Å²) < 4.78 is -1.46. The number of alkyl halides is 3. The van der Waals surface area contributed by atoms with Gasteiger partial charge in [0.2, 0.25) is 3.79 Å². The lowest BCUT2D eigenvalue weighted by Crippen LogP contribution is -2.29. The third kappa shape index (κ3) is 2.31. The molecule has 0 unspecified atom stereocenters. The van der Waals surface area contributed by atoms with Gasteiger partial charge in [-0.2, -0.15) is 0 Å². The van der Waals surface area contributed by atoms with E-state index in [9.17, 15) is 0 Å². The molecule has 0 N–H and O–H groups in total. The van der Waals surface area contributed by atoms with E-state index in [-0.39, 0.29) is 5.66 Å². The largest absolute Gasteiger partial charge is 0.253 e. The Morgan fingerprint density at radius 1 is 1.12 bits per heavy atom. The summed E-state index contributed by atoms with van der Waals surface area (Å²) in [5.41, 5.74) is 0.224. The number of benzene rings is 1. The Balaban J connectivity index is 2.71. The van der Waals surface area contributed by atoms with Gasteiger partial charge in [-0.25, -0.2) is 0 Å². The topological polar surface area (TPSA) is 24.7 Å². The van der Waals surface area contributed by atoms with Crippen LogP contribution in [0.3, 0.4) is 0 Å². The summed E-state index contributed by atoms with van der Waals surface area (Å²) >= 11 is 17.9. The number of rotatable bonds is 2. The van der Waals surface area contributed by atoms with Crippen molar-refractivity contribution in [3.8, 4) is 0 Å². The molecule has 0 saturated heterocycles. The molecule has 2 rings (SSSR count). The molecule has 0 radical (unpaired) electrons. The Kier molecular flexibility index (Phi) is 3.41. The van der Waals surface area contributed by atoms with Crippen LogP contribution in [0.4, 0.5) is 0 Å². The van der Waals surface area contributed by atoms with Crippen LogP contribution >= 0.6 is 34.8 Å². The zero-order valence-corrected chi connectivity index (χ0v) is 11.9. The molecular formula is C12H13Cl3N2. The van der Waals surface area contributed by atoms with Gasteiger partial charge >= 0.3 is 0 Å².